The molecular formula is C11H22O2Si. The van der Waals surface area contributed by atoms with E-state index in [9.17, 15) is 4.79 Å². The van der Waals surface area contributed by atoms with Crippen LogP contribution in [-0.4, -0.2) is 20.7 Å². The van der Waals surface area contributed by atoms with E-state index in [0.717, 1.165) is 6.29 Å². The fourth-order valence-corrected chi connectivity index (χ4v) is 2.11. The summed E-state index contributed by atoms with van der Waals surface area (Å²) in [6, 6.07) is 0. The maximum Gasteiger partial charge on any atom is 0.193 e. The number of aldehydes is 1. The first kappa shape index (κ1) is 13.6. The molecule has 14 heavy (non-hydrogen) atoms. The monoisotopic (exact) mass is 214 g/mol. The van der Waals surface area contributed by atoms with Crippen LogP contribution in [-0.2, 0) is 9.22 Å². The first-order chi connectivity index (χ1) is 6.24. The largest absolute Gasteiger partial charge is 0.407 e. The molecule has 0 spiro atoms. The molecule has 0 saturated heterocycles. The molecule has 0 aliphatic rings. The predicted octanol–water partition coefficient (Wildman–Crippen LogP) is 3.15. The Morgan fingerprint density at radius 2 is 1.93 bits per heavy atom. The molecule has 0 N–H and O–H groups in total. The van der Waals surface area contributed by atoms with E-state index in [2.05, 4.69) is 40.4 Å². The van der Waals surface area contributed by atoms with Crippen LogP contribution in [0.5, 0.6) is 0 Å². The van der Waals surface area contributed by atoms with E-state index in [1.54, 1.807) is 6.08 Å². The lowest BCUT2D eigenvalue weighted by Crippen LogP contribution is -2.44. The van der Waals surface area contributed by atoms with Gasteiger partial charge in [-0.1, -0.05) is 26.8 Å². The van der Waals surface area contributed by atoms with Crippen LogP contribution in [0.1, 0.15) is 27.2 Å². The molecule has 0 unspecified atom stereocenters. The number of carbonyl (C=O) groups is 1. The van der Waals surface area contributed by atoms with Gasteiger partial charge in [-0.3, -0.25) is 0 Å². The Hall–Kier alpha value is -0.413. The minimum Gasteiger partial charge on any atom is -0.407 e. The van der Waals surface area contributed by atoms with Crippen molar-refractivity contribution in [3.05, 3.63) is 12.7 Å². The Bertz CT molecular complexity index is 204. The SMILES string of the molecule is C=CC[C@H](C=O)O[Si](C)(C)C(C)(C)C. The zero-order valence-electron chi connectivity index (χ0n) is 9.96. The summed E-state index contributed by atoms with van der Waals surface area (Å²) < 4.78 is 5.89. The maximum absolute atomic E-state index is 10.7. The standard InChI is InChI=1S/C11H22O2Si/c1-7-8-10(9-12)13-14(5,6)11(2,3)4/h7,9-10H,1,8H2,2-6H3/t10-/m1/s1. The molecule has 1 atom stereocenters. The van der Waals surface area contributed by atoms with Gasteiger partial charge in [-0.15, -0.1) is 6.58 Å². The molecule has 0 radical (unpaired) electrons. The van der Waals surface area contributed by atoms with Crippen LogP contribution in [0, 0.1) is 0 Å². The van der Waals surface area contributed by atoms with E-state index in [1.165, 1.54) is 0 Å². The van der Waals surface area contributed by atoms with Crippen molar-refractivity contribution in [1.29, 1.82) is 0 Å². The molecule has 0 saturated carbocycles. The quantitative estimate of drug-likeness (QED) is 0.399. The summed E-state index contributed by atoms with van der Waals surface area (Å²) in [5.74, 6) is 0. The molecule has 0 aromatic carbocycles. The molecule has 0 heterocycles. The Kier molecular flexibility index (Phi) is 4.75. The molecule has 0 aliphatic carbocycles. The number of hydrogen-bond donors (Lipinski definition) is 0. The summed E-state index contributed by atoms with van der Waals surface area (Å²) in [6.07, 6.45) is 2.90. The van der Waals surface area contributed by atoms with E-state index in [-0.39, 0.29) is 11.1 Å². The fourth-order valence-electron chi connectivity index (χ4n) is 0.851. The highest BCUT2D eigenvalue weighted by Gasteiger charge is 2.38. The highest BCUT2D eigenvalue weighted by atomic mass is 28.4. The molecule has 2 nitrogen and oxygen atoms in total. The van der Waals surface area contributed by atoms with Crippen LogP contribution in [0.2, 0.25) is 18.1 Å². The molecule has 82 valence electrons. The van der Waals surface area contributed by atoms with Gasteiger partial charge in [0.15, 0.2) is 8.32 Å². The van der Waals surface area contributed by atoms with Crippen LogP contribution in [0.15, 0.2) is 12.7 Å². The third-order valence-electron chi connectivity index (χ3n) is 2.80. The van der Waals surface area contributed by atoms with E-state index < -0.39 is 8.32 Å². The van der Waals surface area contributed by atoms with E-state index in [0.29, 0.717) is 6.42 Å². The average molecular weight is 214 g/mol. The van der Waals surface area contributed by atoms with Crippen LogP contribution in [0.25, 0.3) is 0 Å². The summed E-state index contributed by atoms with van der Waals surface area (Å²) >= 11 is 0. The summed E-state index contributed by atoms with van der Waals surface area (Å²) in [5, 5.41) is 0.148. The van der Waals surface area contributed by atoms with Gasteiger partial charge in [0.2, 0.25) is 0 Å². The second-order valence-corrected chi connectivity index (χ2v) is 9.83. The third-order valence-corrected chi connectivity index (χ3v) is 7.31. The van der Waals surface area contributed by atoms with Crippen molar-refractivity contribution in [3.8, 4) is 0 Å². The highest BCUT2D eigenvalue weighted by molar-refractivity contribution is 6.74. The Labute approximate surface area is 88.5 Å². The molecule has 0 aromatic rings. The average Bonchev–Trinajstić information content (AvgIpc) is 2.01. The molecule has 0 aromatic heterocycles. The van der Waals surface area contributed by atoms with Crippen LogP contribution >= 0.6 is 0 Å². The van der Waals surface area contributed by atoms with E-state index in [1.807, 2.05) is 0 Å². The van der Waals surface area contributed by atoms with Gasteiger partial charge in [-0.25, -0.2) is 0 Å². The number of hydrogen-bond acceptors (Lipinski definition) is 2. The van der Waals surface area contributed by atoms with Gasteiger partial charge in [-0.2, -0.15) is 0 Å². The van der Waals surface area contributed by atoms with Crippen LogP contribution in [0.3, 0.4) is 0 Å². The summed E-state index contributed by atoms with van der Waals surface area (Å²) in [5.41, 5.74) is 0. The van der Waals surface area contributed by atoms with Crippen LogP contribution < -0.4 is 0 Å². The van der Waals surface area contributed by atoms with Gasteiger partial charge in [0.25, 0.3) is 0 Å². The first-order valence-corrected chi connectivity index (χ1v) is 7.89. The summed E-state index contributed by atoms with van der Waals surface area (Å²) in [6.45, 7) is 14.4. The van der Waals surface area contributed by atoms with Gasteiger partial charge >= 0.3 is 0 Å². The van der Waals surface area contributed by atoms with Crippen molar-refractivity contribution in [2.45, 2.75) is 51.4 Å². The van der Waals surface area contributed by atoms with Crippen molar-refractivity contribution in [1.82, 2.24) is 0 Å². The molecule has 0 rings (SSSR count). The molecule has 0 bridgehead atoms. The highest BCUT2D eigenvalue weighted by Crippen LogP contribution is 2.37. The molecule has 0 aliphatic heterocycles. The topological polar surface area (TPSA) is 26.3 Å². The molecule has 3 heteroatoms. The second-order valence-electron chi connectivity index (χ2n) is 5.08. The Morgan fingerprint density at radius 1 is 1.43 bits per heavy atom. The summed E-state index contributed by atoms with van der Waals surface area (Å²) in [4.78, 5) is 10.7. The van der Waals surface area contributed by atoms with Crippen molar-refractivity contribution in [3.63, 3.8) is 0 Å². The van der Waals surface area contributed by atoms with Crippen molar-refractivity contribution in [2.75, 3.05) is 0 Å². The molecule has 0 fully saturated rings. The molecular weight excluding hydrogens is 192 g/mol. The van der Waals surface area contributed by atoms with Crippen LogP contribution in [0.4, 0.5) is 0 Å². The van der Waals surface area contributed by atoms with Gasteiger partial charge in [0.05, 0.1) is 0 Å². The lowest BCUT2D eigenvalue weighted by Gasteiger charge is -2.37. The Balaban J connectivity index is 4.46. The lowest BCUT2D eigenvalue weighted by molar-refractivity contribution is -0.114. The predicted molar refractivity (Wildman–Crippen MR) is 62.9 cm³/mol. The smallest absolute Gasteiger partial charge is 0.193 e. The van der Waals surface area contributed by atoms with Gasteiger partial charge < -0.3 is 9.22 Å². The molecule has 0 amide bonds. The second kappa shape index (κ2) is 4.89. The summed E-state index contributed by atoms with van der Waals surface area (Å²) in [7, 11) is -1.81. The maximum atomic E-state index is 10.7. The van der Waals surface area contributed by atoms with E-state index >= 15 is 0 Å². The lowest BCUT2D eigenvalue weighted by atomic mass is 10.2. The number of rotatable bonds is 5. The zero-order chi connectivity index (χ0) is 11.4. The van der Waals surface area contributed by atoms with E-state index in [4.69, 9.17) is 4.43 Å². The van der Waals surface area contributed by atoms with Crippen molar-refractivity contribution in [2.24, 2.45) is 0 Å². The number of carbonyl (C=O) groups excluding carboxylic acids is 1. The van der Waals surface area contributed by atoms with Gasteiger partial charge in [-0.05, 0) is 24.6 Å². The zero-order valence-corrected chi connectivity index (χ0v) is 11.0. The van der Waals surface area contributed by atoms with Crippen molar-refractivity contribution < 1.29 is 9.22 Å². The van der Waals surface area contributed by atoms with Crippen molar-refractivity contribution >= 4 is 14.6 Å². The van der Waals surface area contributed by atoms with Gasteiger partial charge in [0.1, 0.15) is 12.4 Å². The van der Waals surface area contributed by atoms with Gasteiger partial charge in [0, 0.05) is 0 Å². The fraction of sp³-hybridized carbons (Fsp3) is 0.727. The minimum absolute atomic E-state index is 0.148. The Morgan fingerprint density at radius 3 is 2.21 bits per heavy atom. The normalized spacial score (nSPS) is 14.9. The first-order valence-electron chi connectivity index (χ1n) is 4.98. The minimum atomic E-state index is -1.81. The third kappa shape index (κ3) is 3.76.